The number of likely N-dealkylation sites (N-methyl/N-ethyl adjacent to an activating group) is 1. The standard InChI is InChI=1S/C21H21N3O2/c1-23(14-17-12-16-10-6-7-11-20(16)26-17)21(25)19-13-18(22-24(19)2)15-8-4-3-5-9-15/h3-11,13,17H,12,14H2,1-2H3/t17-/m0/s1. The summed E-state index contributed by atoms with van der Waals surface area (Å²) in [4.78, 5) is 14.6. The second-order valence-electron chi connectivity index (χ2n) is 6.64. The van der Waals surface area contributed by atoms with Crippen molar-refractivity contribution in [1.82, 2.24) is 14.7 Å². The summed E-state index contributed by atoms with van der Waals surface area (Å²) in [6.45, 7) is 0.541. The maximum absolute atomic E-state index is 12.9. The summed E-state index contributed by atoms with van der Waals surface area (Å²) in [5.74, 6) is 0.868. The number of benzene rings is 2. The van der Waals surface area contributed by atoms with Crippen LogP contribution in [-0.4, -0.2) is 40.3 Å². The summed E-state index contributed by atoms with van der Waals surface area (Å²) in [6.07, 6.45) is 0.817. The zero-order valence-corrected chi connectivity index (χ0v) is 14.9. The summed E-state index contributed by atoms with van der Waals surface area (Å²) in [7, 11) is 3.61. The molecule has 5 heteroatoms. The predicted molar refractivity (Wildman–Crippen MR) is 100 cm³/mol. The zero-order chi connectivity index (χ0) is 18.1. The zero-order valence-electron chi connectivity index (χ0n) is 14.9. The van der Waals surface area contributed by atoms with Gasteiger partial charge in [0.2, 0.25) is 0 Å². The minimum atomic E-state index is -0.0539. The van der Waals surface area contributed by atoms with E-state index < -0.39 is 0 Å². The van der Waals surface area contributed by atoms with Gasteiger partial charge in [-0.1, -0.05) is 48.5 Å². The van der Waals surface area contributed by atoms with E-state index in [1.54, 1.807) is 16.6 Å². The minimum absolute atomic E-state index is 0.0110. The van der Waals surface area contributed by atoms with Crippen LogP contribution in [0.5, 0.6) is 5.75 Å². The Bertz CT molecular complexity index is 908. The summed E-state index contributed by atoms with van der Waals surface area (Å²) in [6, 6.07) is 19.8. The number of rotatable bonds is 4. The molecule has 1 atom stereocenters. The van der Waals surface area contributed by atoms with Gasteiger partial charge in [-0.25, -0.2) is 0 Å². The van der Waals surface area contributed by atoms with Crippen LogP contribution in [0.4, 0.5) is 0 Å². The van der Waals surface area contributed by atoms with Gasteiger partial charge >= 0.3 is 0 Å². The second-order valence-corrected chi connectivity index (χ2v) is 6.64. The van der Waals surface area contributed by atoms with Crippen molar-refractivity contribution in [3.63, 3.8) is 0 Å². The molecule has 132 valence electrons. The van der Waals surface area contributed by atoms with Crippen LogP contribution in [-0.2, 0) is 13.5 Å². The third kappa shape index (κ3) is 3.08. The Hall–Kier alpha value is -3.08. The van der Waals surface area contributed by atoms with E-state index in [-0.39, 0.29) is 12.0 Å². The van der Waals surface area contributed by atoms with E-state index in [1.165, 1.54) is 5.56 Å². The molecule has 5 nitrogen and oxygen atoms in total. The molecule has 0 radical (unpaired) electrons. The molecule has 1 aromatic heterocycles. The van der Waals surface area contributed by atoms with E-state index in [4.69, 9.17) is 4.74 Å². The van der Waals surface area contributed by atoms with E-state index in [0.29, 0.717) is 12.2 Å². The third-order valence-corrected chi connectivity index (χ3v) is 4.71. The fourth-order valence-electron chi connectivity index (χ4n) is 3.36. The fraction of sp³-hybridized carbons (Fsp3) is 0.238. The van der Waals surface area contributed by atoms with Crippen LogP contribution in [0, 0.1) is 0 Å². The average Bonchev–Trinajstić information content (AvgIpc) is 3.24. The Morgan fingerprint density at radius 3 is 2.69 bits per heavy atom. The molecule has 1 aliphatic heterocycles. The van der Waals surface area contributed by atoms with Crippen LogP contribution in [0.25, 0.3) is 11.3 Å². The summed E-state index contributed by atoms with van der Waals surface area (Å²) in [5, 5.41) is 4.49. The number of para-hydroxylation sites is 1. The topological polar surface area (TPSA) is 47.4 Å². The third-order valence-electron chi connectivity index (χ3n) is 4.71. The van der Waals surface area contributed by atoms with E-state index in [9.17, 15) is 4.79 Å². The number of carbonyl (C=O) groups excluding carboxylic acids is 1. The predicted octanol–water partition coefficient (Wildman–Crippen LogP) is 3.16. The first-order valence-corrected chi connectivity index (χ1v) is 8.71. The smallest absolute Gasteiger partial charge is 0.272 e. The largest absolute Gasteiger partial charge is 0.488 e. The molecule has 0 fully saturated rings. The van der Waals surface area contributed by atoms with Gasteiger partial charge < -0.3 is 9.64 Å². The lowest BCUT2D eigenvalue weighted by Gasteiger charge is -2.21. The monoisotopic (exact) mass is 347 g/mol. The van der Waals surface area contributed by atoms with Crippen molar-refractivity contribution in [3.8, 4) is 17.0 Å². The van der Waals surface area contributed by atoms with E-state index in [0.717, 1.165) is 23.4 Å². The lowest BCUT2D eigenvalue weighted by Crippen LogP contribution is -2.37. The van der Waals surface area contributed by atoms with Crippen LogP contribution >= 0.6 is 0 Å². The van der Waals surface area contributed by atoms with Crippen LogP contribution in [0.15, 0.2) is 60.7 Å². The highest BCUT2D eigenvalue weighted by Gasteiger charge is 2.26. The second kappa shape index (κ2) is 6.67. The SMILES string of the molecule is CN(C[C@@H]1Cc2ccccc2O1)C(=O)c1cc(-c2ccccc2)nn1C. The molecule has 0 bridgehead atoms. The first kappa shape index (κ1) is 16.4. The summed E-state index contributed by atoms with van der Waals surface area (Å²) in [5.41, 5.74) is 3.57. The molecule has 1 amide bonds. The molecule has 2 heterocycles. The van der Waals surface area contributed by atoms with Crippen molar-refractivity contribution in [2.45, 2.75) is 12.5 Å². The van der Waals surface area contributed by atoms with Crippen molar-refractivity contribution in [3.05, 3.63) is 71.9 Å². The average molecular weight is 347 g/mol. The van der Waals surface area contributed by atoms with Gasteiger partial charge in [0, 0.05) is 26.1 Å². The normalized spacial score (nSPS) is 15.4. The molecule has 0 spiro atoms. The fourth-order valence-corrected chi connectivity index (χ4v) is 3.36. The molecule has 0 aliphatic carbocycles. The number of fused-ring (bicyclic) bond motifs is 1. The molecule has 1 aliphatic rings. The highest BCUT2D eigenvalue weighted by atomic mass is 16.5. The maximum Gasteiger partial charge on any atom is 0.272 e. The molecule has 3 aromatic rings. The molecular weight excluding hydrogens is 326 g/mol. The molecule has 4 rings (SSSR count). The van der Waals surface area contributed by atoms with Gasteiger partial charge in [0.1, 0.15) is 17.5 Å². The highest BCUT2D eigenvalue weighted by Crippen LogP contribution is 2.28. The van der Waals surface area contributed by atoms with Gasteiger partial charge in [-0.05, 0) is 17.7 Å². The lowest BCUT2D eigenvalue weighted by molar-refractivity contribution is 0.0719. The van der Waals surface area contributed by atoms with Crippen molar-refractivity contribution < 1.29 is 9.53 Å². The van der Waals surface area contributed by atoms with Crippen molar-refractivity contribution in [2.75, 3.05) is 13.6 Å². The van der Waals surface area contributed by atoms with Crippen molar-refractivity contribution >= 4 is 5.91 Å². The van der Waals surface area contributed by atoms with Crippen LogP contribution < -0.4 is 4.74 Å². The van der Waals surface area contributed by atoms with Gasteiger partial charge in [-0.2, -0.15) is 5.10 Å². The van der Waals surface area contributed by atoms with Gasteiger partial charge in [0.15, 0.2) is 0 Å². The molecule has 26 heavy (non-hydrogen) atoms. The summed E-state index contributed by atoms with van der Waals surface area (Å²) < 4.78 is 7.60. The number of aryl methyl sites for hydroxylation is 1. The Kier molecular flexibility index (Phi) is 4.21. The molecule has 0 unspecified atom stereocenters. The van der Waals surface area contributed by atoms with Gasteiger partial charge in [-0.3, -0.25) is 9.48 Å². The Morgan fingerprint density at radius 1 is 1.19 bits per heavy atom. The molecule has 2 aromatic carbocycles. The minimum Gasteiger partial charge on any atom is -0.488 e. The van der Waals surface area contributed by atoms with Crippen LogP contribution in [0.3, 0.4) is 0 Å². The number of amides is 1. The molecular formula is C21H21N3O2. The van der Waals surface area contributed by atoms with Gasteiger partial charge in [-0.15, -0.1) is 0 Å². The van der Waals surface area contributed by atoms with Gasteiger partial charge in [0.05, 0.1) is 12.2 Å². The number of hydrogen-bond acceptors (Lipinski definition) is 3. The molecule has 0 N–H and O–H groups in total. The Morgan fingerprint density at radius 2 is 1.92 bits per heavy atom. The van der Waals surface area contributed by atoms with Crippen LogP contribution in [0.1, 0.15) is 16.1 Å². The number of ether oxygens (including phenoxy) is 1. The van der Waals surface area contributed by atoms with Crippen molar-refractivity contribution in [2.24, 2.45) is 7.05 Å². The van der Waals surface area contributed by atoms with Gasteiger partial charge in [0.25, 0.3) is 5.91 Å². The summed E-state index contributed by atoms with van der Waals surface area (Å²) >= 11 is 0. The van der Waals surface area contributed by atoms with E-state index >= 15 is 0 Å². The Labute approximate surface area is 152 Å². The molecule has 0 saturated heterocycles. The quantitative estimate of drug-likeness (QED) is 0.728. The number of aromatic nitrogens is 2. The first-order chi connectivity index (χ1) is 12.6. The number of hydrogen-bond donors (Lipinski definition) is 0. The van der Waals surface area contributed by atoms with Crippen LogP contribution in [0.2, 0.25) is 0 Å². The molecule has 0 saturated carbocycles. The first-order valence-electron chi connectivity index (χ1n) is 8.71. The maximum atomic E-state index is 12.9. The van der Waals surface area contributed by atoms with Crippen molar-refractivity contribution in [1.29, 1.82) is 0 Å². The Balaban J connectivity index is 1.47. The van der Waals surface area contributed by atoms with E-state index in [1.807, 2.05) is 61.6 Å². The van der Waals surface area contributed by atoms with E-state index in [2.05, 4.69) is 11.2 Å². The number of nitrogens with zero attached hydrogens (tertiary/aromatic N) is 3. The highest BCUT2D eigenvalue weighted by molar-refractivity contribution is 5.93. The number of carbonyl (C=O) groups is 1. The lowest BCUT2D eigenvalue weighted by atomic mass is 10.1.